The number of fused-ring (bicyclic) bond motifs is 1. The molecular weight excluding hydrogens is 434 g/mol. The molecule has 0 spiro atoms. The molecule has 1 atom stereocenters. The highest BCUT2D eigenvalue weighted by Crippen LogP contribution is 2.31. The molecule has 2 aromatic rings. The summed E-state index contributed by atoms with van der Waals surface area (Å²) in [5, 5.41) is 0. The summed E-state index contributed by atoms with van der Waals surface area (Å²) in [5.41, 5.74) is 5.00. The van der Waals surface area contributed by atoms with E-state index in [0.29, 0.717) is 6.04 Å². The molecule has 35 heavy (non-hydrogen) atoms. The number of nitrogens with zero attached hydrogens (tertiary/aromatic N) is 3. The molecule has 3 fully saturated rings. The molecule has 1 aliphatic carbocycles. The Hall–Kier alpha value is -2.66. The minimum Gasteiger partial charge on any atom is -0.339 e. The Labute approximate surface area is 209 Å². The maximum Gasteiger partial charge on any atom is 0.254 e. The van der Waals surface area contributed by atoms with Crippen LogP contribution in [-0.2, 0) is 6.42 Å². The Bertz CT molecular complexity index is 1080. The van der Waals surface area contributed by atoms with Crippen molar-refractivity contribution < 1.29 is 9.59 Å². The van der Waals surface area contributed by atoms with E-state index in [0.717, 1.165) is 92.1 Å². The molecule has 2 saturated heterocycles. The third kappa shape index (κ3) is 4.63. The third-order valence-corrected chi connectivity index (χ3v) is 8.76. The number of amides is 2. The van der Waals surface area contributed by atoms with Crippen LogP contribution in [0.25, 0.3) is 11.1 Å². The van der Waals surface area contributed by atoms with E-state index in [1.165, 1.54) is 32.2 Å². The minimum atomic E-state index is 0.138. The van der Waals surface area contributed by atoms with E-state index < -0.39 is 0 Å². The quantitative estimate of drug-likeness (QED) is 0.626. The van der Waals surface area contributed by atoms with E-state index in [2.05, 4.69) is 21.9 Å². The molecule has 5 heteroatoms. The zero-order chi connectivity index (χ0) is 23.8. The Kier molecular flexibility index (Phi) is 6.36. The summed E-state index contributed by atoms with van der Waals surface area (Å²) in [6.45, 7) is 5.96. The molecule has 1 saturated carbocycles. The average Bonchev–Trinajstić information content (AvgIpc) is 3.68. The summed E-state index contributed by atoms with van der Waals surface area (Å²) in [7, 11) is 0. The highest BCUT2D eigenvalue weighted by molar-refractivity contribution is 5.98. The number of rotatable bonds is 5. The lowest BCUT2D eigenvalue weighted by Crippen LogP contribution is -2.46. The van der Waals surface area contributed by atoms with Crippen LogP contribution >= 0.6 is 0 Å². The van der Waals surface area contributed by atoms with Crippen molar-refractivity contribution in [1.82, 2.24) is 14.7 Å². The molecular formula is C30H37N3O2. The van der Waals surface area contributed by atoms with Gasteiger partial charge in [0.2, 0.25) is 0 Å². The van der Waals surface area contributed by atoms with Crippen LogP contribution < -0.4 is 0 Å². The van der Waals surface area contributed by atoms with E-state index in [1.54, 1.807) is 0 Å². The van der Waals surface area contributed by atoms with Gasteiger partial charge < -0.3 is 14.7 Å². The Morgan fingerprint density at radius 3 is 2.34 bits per heavy atom. The molecule has 0 bridgehead atoms. The van der Waals surface area contributed by atoms with E-state index in [1.807, 2.05) is 35.2 Å². The fourth-order valence-electron chi connectivity index (χ4n) is 6.73. The normalized spacial score (nSPS) is 23.3. The first-order chi connectivity index (χ1) is 17.2. The number of hydrogen-bond acceptors (Lipinski definition) is 3. The van der Waals surface area contributed by atoms with Gasteiger partial charge in [-0.1, -0.05) is 37.1 Å². The van der Waals surface area contributed by atoms with Gasteiger partial charge in [0, 0.05) is 56.4 Å². The van der Waals surface area contributed by atoms with Crippen LogP contribution in [0.15, 0.2) is 42.5 Å². The summed E-state index contributed by atoms with van der Waals surface area (Å²) in [6, 6.07) is 14.6. The van der Waals surface area contributed by atoms with E-state index in [9.17, 15) is 9.59 Å². The van der Waals surface area contributed by atoms with Crippen molar-refractivity contribution in [3.05, 3.63) is 59.2 Å². The van der Waals surface area contributed by atoms with Crippen LogP contribution in [0.5, 0.6) is 0 Å². The van der Waals surface area contributed by atoms with Crippen molar-refractivity contribution in [2.45, 2.75) is 57.4 Å². The topological polar surface area (TPSA) is 43.9 Å². The molecule has 4 aliphatic rings. The molecule has 6 rings (SSSR count). The van der Waals surface area contributed by atoms with Crippen LogP contribution in [0.4, 0.5) is 0 Å². The molecule has 5 nitrogen and oxygen atoms in total. The van der Waals surface area contributed by atoms with Crippen LogP contribution in [0.2, 0.25) is 0 Å². The van der Waals surface area contributed by atoms with Gasteiger partial charge in [-0.25, -0.2) is 0 Å². The summed E-state index contributed by atoms with van der Waals surface area (Å²) < 4.78 is 0. The van der Waals surface area contributed by atoms with E-state index in [4.69, 9.17) is 0 Å². The van der Waals surface area contributed by atoms with Crippen LogP contribution in [-0.4, -0.2) is 71.8 Å². The highest BCUT2D eigenvalue weighted by Gasteiger charge is 2.35. The molecule has 3 aliphatic heterocycles. The second-order valence-electron chi connectivity index (χ2n) is 11.0. The van der Waals surface area contributed by atoms with Gasteiger partial charge in [0.25, 0.3) is 11.8 Å². The zero-order valence-electron chi connectivity index (χ0n) is 20.8. The fourth-order valence-corrected chi connectivity index (χ4v) is 6.73. The Morgan fingerprint density at radius 1 is 0.829 bits per heavy atom. The fraction of sp³-hybridized carbons (Fsp3) is 0.533. The van der Waals surface area contributed by atoms with Crippen LogP contribution in [0.1, 0.15) is 71.2 Å². The van der Waals surface area contributed by atoms with Crippen LogP contribution in [0, 0.1) is 5.92 Å². The number of likely N-dealkylation sites (tertiary alicyclic amines) is 2. The van der Waals surface area contributed by atoms with E-state index in [-0.39, 0.29) is 11.8 Å². The number of carbonyl (C=O) groups excluding carboxylic acids is 2. The lowest BCUT2D eigenvalue weighted by Gasteiger charge is -2.34. The van der Waals surface area contributed by atoms with Gasteiger partial charge in [-0.15, -0.1) is 0 Å². The van der Waals surface area contributed by atoms with Crippen LogP contribution in [0.3, 0.4) is 0 Å². The van der Waals surface area contributed by atoms with Crippen molar-refractivity contribution in [3.8, 4) is 11.1 Å². The maximum atomic E-state index is 13.4. The van der Waals surface area contributed by atoms with E-state index >= 15 is 0 Å². The van der Waals surface area contributed by atoms with Gasteiger partial charge >= 0.3 is 0 Å². The lowest BCUT2D eigenvalue weighted by atomic mass is 9.93. The predicted octanol–water partition coefficient (Wildman–Crippen LogP) is 4.85. The van der Waals surface area contributed by atoms with Crippen molar-refractivity contribution in [2.24, 2.45) is 5.92 Å². The smallest absolute Gasteiger partial charge is 0.254 e. The molecule has 184 valence electrons. The molecule has 2 aromatic carbocycles. The molecule has 0 unspecified atom stereocenters. The largest absolute Gasteiger partial charge is 0.339 e. The predicted molar refractivity (Wildman–Crippen MR) is 139 cm³/mol. The molecule has 0 aromatic heterocycles. The standard InChI is InChI=1S/C30H37N3O2/c34-29(32-15-3-4-16-32)24-9-7-23(8-10-24)25-11-12-28-26(19-25)13-18-33(30(28)35)27-14-17-31(21-27)20-22-5-1-2-6-22/h7-12,19,22,27H,1-6,13-18,20-21H2/t27-/m0/s1. The first kappa shape index (κ1) is 22.8. The number of hydrogen-bond donors (Lipinski definition) is 0. The van der Waals surface area contributed by atoms with Gasteiger partial charge in [0.15, 0.2) is 0 Å². The van der Waals surface area contributed by atoms with Gasteiger partial charge in [0.1, 0.15) is 0 Å². The van der Waals surface area contributed by atoms with Gasteiger partial charge in [-0.3, -0.25) is 9.59 Å². The second kappa shape index (κ2) is 9.77. The Morgan fingerprint density at radius 2 is 1.57 bits per heavy atom. The van der Waals surface area contributed by atoms with Crippen molar-refractivity contribution >= 4 is 11.8 Å². The van der Waals surface area contributed by atoms with Crippen molar-refractivity contribution in [1.29, 1.82) is 0 Å². The molecule has 0 N–H and O–H groups in total. The monoisotopic (exact) mass is 471 g/mol. The van der Waals surface area contributed by atoms with Gasteiger partial charge in [-0.2, -0.15) is 0 Å². The van der Waals surface area contributed by atoms with Crippen molar-refractivity contribution in [3.63, 3.8) is 0 Å². The highest BCUT2D eigenvalue weighted by atomic mass is 16.2. The minimum absolute atomic E-state index is 0.138. The summed E-state index contributed by atoms with van der Waals surface area (Å²) in [5.74, 6) is 1.22. The number of benzene rings is 2. The summed E-state index contributed by atoms with van der Waals surface area (Å²) >= 11 is 0. The SMILES string of the molecule is O=C(c1ccc(-c2ccc3c(c2)CCN([C@H]2CCN(CC4CCCC4)C2)C3=O)cc1)N1CCCC1. The third-order valence-electron chi connectivity index (χ3n) is 8.76. The molecule has 3 heterocycles. The van der Waals surface area contributed by atoms with Gasteiger partial charge in [-0.05, 0) is 79.3 Å². The molecule has 2 amide bonds. The average molecular weight is 472 g/mol. The summed E-state index contributed by atoms with van der Waals surface area (Å²) in [4.78, 5) is 32.8. The first-order valence-electron chi connectivity index (χ1n) is 13.7. The summed E-state index contributed by atoms with van der Waals surface area (Å²) in [6.07, 6.45) is 9.80. The second-order valence-corrected chi connectivity index (χ2v) is 11.0. The first-order valence-corrected chi connectivity index (χ1v) is 13.7. The van der Waals surface area contributed by atoms with Gasteiger partial charge in [0.05, 0.1) is 0 Å². The zero-order valence-corrected chi connectivity index (χ0v) is 20.8. The lowest BCUT2D eigenvalue weighted by molar-refractivity contribution is 0.0662. The van der Waals surface area contributed by atoms with Crippen molar-refractivity contribution in [2.75, 3.05) is 39.3 Å². The molecule has 0 radical (unpaired) electrons. The number of carbonyl (C=O) groups is 2. The maximum absolute atomic E-state index is 13.4. The Balaban J connectivity index is 1.12.